The van der Waals surface area contributed by atoms with Gasteiger partial charge in [0.25, 0.3) is 0 Å². The summed E-state index contributed by atoms with van der Waals surface area (Å²) in [7, 11) is 0. The third-order valence-corrected chi connectivity index (χ3v) is 12.9. The fourth-order valence-electron chi connectivity index (χ4n) is 10.8. The predicted octanol–water partition coefficient (Wildman–Crippen LogP) is 6.28. The second kappa shape index (κ2) is 11.7. The van der Waals surface area contributed by atoms with Crippen LogP contribution < -0.4 is 5.32 Å². The fraction of sp³-hybridized carbons (Fsp3) is 0.882. The monoisotopic (exact) mass is 555 g/mol. The highest BCUT2D eigenvalue weighted by atomic mass is 16.3. The van der Waals surface area contributed by atoms with Crippen molar-refractivity contribution in [2.24, 2.45) is 52.3 Å². The molecule has 0 aromatic carbocycles. The largest absolute Gasteiger partial charge is 0.393 e. The van der Waals surface area contributed by atoms with Crippen molar-refractivity contribution in [1.82, 2.24) is 15.3 Å². The van der Waals surface area contributed by atoms with Gasteiger partial charge in [-0.2, -0.15) is 0 Å². The molecule has 6 heteroatoms. The van der Waals surface area contributed by atoms with Crippen LogP contribution in [0.1, 0.15) is 117 Å². The van der Waals surface area contributed by atoms with Crippen LogP contribution >= 0.6 is 0 Å². The van der Waals surface area contributed by atoms with E-state index < -0.39 is 11.7 Å². The van der Waals surface area contributed by atoms with Gasteiger partial charge < -0.3 is 20.5 Å². The fourth-order valence-corrected chi connectivity index (χ4v) is 10.8. The number of carbonyl (C=O) groups is 1. The van der Waals surface area contributed by atoms with Gasteiger partial charge in [0.2, 0.25) is 5.91 Å². The van der Waals surface area contributed by atoms with Crippen LogP contribution in [-0.4, -0.2) is 44.3 Å². The quantitative estimate of drug-likeness (QED) is 0.273. The Morgan fingerprint density at radius 2 is 1.93 bits per heavy atom. The topological polar surface area (TPSA) is 98.2 Å². The smallest absolute Gasteiger partial charge is 0.220 e. The highest BCUT2D eigenvalue weighted by Crippen LogP contribution is 2.70. The number of aromatic amines is 1. The van der Waals surface area contributed by atoms with Gasteiger partial charge in [0.15, 0.2) is 0 Å². The zero-order chi connectivity index (χ0) is 28.7. The van der Waals surface area contributed by atoms with E-state index in [1.807, 2.05) is 0 Å². The summed E-state index contributed by atoms with van der Waals surface area (Å²) in [6.45, 7) is 12.7. The number of imidazole rings is 1. The van der Waals surface area contributed by atoms with Crippen LogP contribution in [0.5, 0.6) is 0 Å². The molecule has 0 radical (unpaired) electrons. The molecule has 226 valence electrons. The number of H-pyrrole nitrogens is 1. The minimum atomic E-state index is -0.984. The van der Waals surface area contributed by atoms with E-state index in [4.69, 9.17) is 0 Å². The van der Waals surface area contributed by atoms with E-state index in [0.29, 0.717) is 42.6 Å². The number of amides is 1. The van der Waals surface area contributed by atoms with Crippen molar-refractivity contribution in [3.05, 3.63) is 18.2 Å². The molecule has 4 fully saturated rings. The lowest BCUT2D eigenvalue weighted by Gasteiger charge is -2.66. The molecular formula is C34H57N3O3. The number of hydrogen-bond acceptors (Lipinski definition) is 4. The maximum atomic E-state index is 13.3. The van der Waals surface area contributed by atoms with Crippen LogP contribution in [0.15, 0.2) is 12.5 Å². The SMILES string of the molecule is CC(C)CCC[C@@H](C)[C@H]1CC[C@H]2[C@@H]3CC(CC(=O)NCCc4cnc[nH]4)C4(O)CC(O)CC[C@]4(C)[C@H]3CC[C@]12C. The standard InChI is InChI=1S/C34H57N3O3/c1-22(2)7-6-8-23(3)28-9-10-29-27-17-24(18-31(39)36-16-13-25-20-35-21-37-25)34(40)19-26(38)11-15-33(34,5)30(27)12-14-32(28,29)4/h20-24,26-30,38,40H,6-19H2,1-5H3,(H,35,37)(H,36,39)/t23-,24?,26?,27+,28-,29+,30+,32-,33-,34?/m1/s1. The van der Waals surface area contributed by atoms with Crippen molar-refractivity contribution in [1.29, 1.82) is 0 Å². The maximum Gasteiger partial charge on any atom is 0.220 e. The second-order valence-corrected chi connectivity index (χ2v) is 15.5. The van der Waals surface area contributed by atoms with Crippen molar-refractivity contribution in [3.8, 4) is 0 Å². The van der Waals surface area contributed by atoms with E-state index in [1.54, 1.807) is 12.5 Å². The van der Waals surface area contributed by atoms with Crippen LogP contribution in [0.3, 0.4) is 0 Å². The number of carbonyl (C=O) groups excluding carboxylic acids is 1. The summed E-state index contributed by atoms with van der Waals surface area (Å²) in [5, 5.41) is 26.3. The zero-order valence-electron chi connectivity index (χ0n) is 25.9. The van der Waals surface area contributed by atoms with Crippen molar-refractivity contribution in [2.45, 2.75) is 130 Å². The summed E-state index contributed by atoms with van der Waals surface area (Å²) < 4.78 is 0. The summed E-state index contributed by atoms with van der Waals surface area (Å²) in [6.07, 6.45) is 16.1. The molecule has 3 unspecified atom stereocenters. The number of aliphatic hydroxyl groups is 2. The number of fused-ring (bicyclic) bond motifs is 5. The summed E-state index contributed by atoms with van der Waals surface area (Å²) >= 11 is 0. The molecule has 4 saturated carbocycles. The lowest BCUT2D eigenvalue weighted by Crippen LogP contribution is -2.67. The highest BCUT2D eigenvalue weighted by Gasteiger charge is 2.67. The first kappa shape index (κ1) is 30.1. The van der Waals surface area contributed by atoms with E-state index in [2.05, 4.69) is 49.9 Å². The molecule has 5 rings (SSSR count). The highest BCUT2D eigenvalue weighted by molar-refractivity contribution is 5.76. The summed E-state index contributed by atoms with van der Waals surface area (Å²) in [6, 6.07) is 0. The number of aliphatic hydroxyl groups excluding tert-OH is 1. The van der Waals surface area contributed by atoms with Gasteiger partial charge >= 0.3 is 0 Å². The third-order valence-electron chi connectivity index (χ3n) is 12.9. The molecule has 1 heterocycles. The van der Waals surface area contributed by atoms with Crippen LogP contribution in [0, 0.1) is 52.3 Å². The van der Waals surface area contributed by atoms with Crippen molar-refractivity contribution in [3.63, 3.8) is 0 Å². The average Bonchev–Trinajstić information content (AvgIpc) is 3.53. The van der Waals surface area contributed by atoms with Gasteiger partial charge in [0, 0.05) is 37.7 Å². The Morgan fingerprint density at radius 1 is 1.12 bits per heavy atom. The van der Waals surface area contributed by atoms with Crippen molar-refractivity contribution in [2.75, 3.05) is 6.54 Å². The lowest BCUT2D eigenvalue weighted by molar-refractivity contribution is -0.248. The minimum Gasteiger partial charge on any atom is -0.393 e. The first-order valence-corrected chi connectivity index (χ1v) is 16.6. The van der Waals surface area contributed by atoms with E-state index in [0.717, 1.165) is 49.1 Å². The van der Waals surface area contributed by atoms with Crippen LogP contribution in [-0.2, 0) is 11.2 Å². The maximum absolute atomic E-state index is 13.3. The number of nitrogens with zero attached hydrogens (tertiary/aromatic N) is 1. The van der Waals surface area contributed by atoms with Gasteiger partial charge in [-0.05, 0) is 97.2 Å². The van der Waals surface area contributed by atoms with E-state index >= 15 is 0 Å². The first-order valence-electron chi connectivity index (χ1n) is 16.6. The molecule has 0 spiro atoms. The van der Waals surface area contributed by atoms with E-state index in [1.165, 1.54) is 44.9 Å². The van der Waals surface area contributed by atoms with Crippen LogP contribution in [0.25, 0.3) is 0 Å². The van der Waals surface area contributed by atoms with E-state index in [-0.39, 0.29) is 17.2 Å². The molecule has 1 aromatic rings. The molecule has 4 N–H and O–H groups in total. The molecule has 4 aliphatic rings. The molecule has 4 aliphatic carbocycles. The van der Waals surface area contributed by atoms with Gasteiger partial charge in [0.05, 0.1) is 18.0 Å². The second-order valence-electron chi connectivity index (χ2n) is 15.5. The van der Waals surface area contributed by atoms with E-state index in [9.17, 15) is 15.0 Å². The van der Waals surface area contributed by atoms with Crippen LogP contribution in [0.2, 0.25) is 0 Å². The Balaban J connectivity index is 1.33. The van der Waals surface area contributed by atoms with Gasteiger partial charge in [-0.25, -0.2) is 4.98 Å². The molecule has 6 nitrogen and oxygen atoms in total. The number of aromatic nitrogens is 2. The molecule has 0 bridgehead atoms. The Hall–Kier alpha value is -1.40. The lowest BCUT2D eigenvalue weighted by atomic mass is 9.40. The molecule has 10 atom stereocenters. The number of hydrogen-bond donors (Lipinski definition) is 4. The minimum absolute atomic E-state index is 0.0282. The third kappa shape index (κ3) is 5.41. The average molecular weight is 556 g/mol. The zero-order valence-corrected chi connectivity index (χ0v) is 25.9. The summed E-state index contributed by atoms with van der Waals surface area (Å²) in [4.78, 5) is 20.4. The Kier molecular flexibility index (Phi) is 8.80. The Labute approximate surface area is 242 Å². The molecule has 0 saturated heterocycles. The molecular weight excluding hydrogens is 498 g/mol. The molecule has 1 amide bonds. The Bertz CT molecular complexity index is 997. The van der Waals surface area contributed by atoms with Gasteiger partial charge in [-0.15, -0.1) is 0 Å². The molecule has 1 aromatic heterocycles. The summed E-state index contributed by atoms with van der Waals surface area (Å²) in [5.74, 6) is 3.99. The van der Waals surface area contributed by atoms with Crippen molar-refractivity contribution >= 4 is 5.91 Å². The molecule has 0 aliphatic heterocycles. The first-order chi connectivity index (χ1) is 19.0. The van der Waals surface area contributed by atoms with Gasteiger partial charge in [-0.3, -0.25) is 4.79 Å². The number of rotatable bonds is 10. The normalized spacial score (nSPS) is 41.7. The number of nitrogens with one attached hydrogen (secondary N) is 2. The van der Waals surface area contributed by atoms with Gasteiger partial charge in [-0.1, -0.05) is 53.9 Å². The van der Waals surface area contributed by atoms with Gasteiger partial charge in [0.1, 0.15) is 0 Å². The summed E-state index contributed by atoms with van der Waals surface area (Å²) in [5.41, 5.74) is 0.161. The predicted molar refractivity (Wildman–Crippen MR) is 159 cm³/mol. The molecule has 40 heavy (non-hydrogen) atoms. The van der Waals surface area contributed by atoms with Crippen LogP contribution in [0.4, 0.5) is 0 Å². The van der Waals surface area contributed by atoms with Crippen molar-refractivity contribution < 1.29 is 15.0 Å². The Morgan fingerprint density at radius 3 is 2.65 bits per heavy atom.